The maximum atomic E-state index is 5.89. The molecule has 24 heavy (non-hydrogen) atoms. The summed E-state index contributed by atoms with van der Waals surface area (Å²) in [5.41, 5.74) is 1.05. The molecule has 2 aliphatic rings. The van der Waals surface area contributed by atoms with Gasteiger partial charge in [-0.05, 0) is 31.4 Å². The van der Waals surface area contributed by atoms with Crippen LogP contribution in [-0.2, 0) is 11.3 Å². The molecule has 4 rings (SSSR count). The summed E-state index contributed by atoms with van der Waals surface area (Å²) in [6.45, 7) is 0.552. The van der Waals surface area contributed by atoms with Crippen molar-refractivity contribution >= 4 is 5.96 Å². The topological polar surface area (TPSA) is 76.4 Å². The average Bonchev–Trinajstić information content (AvgIpc) is 3.35. The largest absolute Gasteiger partial charge is 0.373 e. The lowest BCUT2D eigenvalue weighted by molar-refractivity contribution is 0.0992. The minimum absolute atomic E-state index is 0.321. The number of para-hydroxylation sites is 1. The molecule has 1 aromatic carbocycles. The molecule has 0 spiro atoms. The van der Waals surface area contributed by atoms with Gasteiger partial charge in [0, 0.05) is 12.7 Å². The number of hydrogen-bond donors (Lipinski definition) is 2. The summed E-state index contributed by atoms with van der Waals surface area (Å²) in [5, 5.41) is 15.0. The first-order valence-corrected chi connectivity index (χ1v) is 8.40. The number of nitrogens with one attached hydrogen (secondary N) is 2. The monoisotopic (exact) mass is 326 g/mol. The van der Waals surface area contributed by atoms with Gasteiger partial charge in [0.05, 0.1) is 24.8 Å². The molecule has 2 fully saturated rings. The molecule has 7 heteroatoms. The molecule has 126 valence electrons. The molecule has 0 aliphatic carbocycles. The van der Waals surface area contributed by atoms with Crippen LogP contribution in [0.25, 0.3) is 5.69 Å². The van der Waals surface area contributed by atoms with Crippen LogP contribution in [-0.4, -0.2) is 46.0 Å². The molecule has 0 amide bonds. The van der Waals surface area contributed by atoms with E-state index in [0.717, 1.165) is 30.3 Å². The van der Waals surface area contributed by atoms with Gasteiger partial charge in [-0.3, -0.25) is 9.56 Å². The van der Waals surface area contributed by atoms with Gasteiger partial charge in [0.1, 0.15) is 6.33 Å². The molecule has 2 N–H and O–H groups in total. The normalized spacial score (nSPS) is 25.9. The number of aromatic nitrogens is 3. The minimum Gasteiger partial charge on any atom is -0.373 e. The summed E-state index contributed by atoms with van der Waals surface area (Å²) in [6.07, 6.45) is 5.86. The average molecular weight is 326 g/mol. The SMILES string of the molecule is CN=C(NCc1nncn1-c1ccccc1)NC1CC2CCC1O2. The highest BCUT2D eigenvalue weighted by Crippen LogP contribution is 2.34. The van der Waals surface area contributed by atoms with E-state index < -0.39 is 0 Å². The van der Waals surface area contributed by atoms with E-state index in [4.69, 9.17) is 4.74 Å². The summed E-state index contributed by atoms with van der Waals surface area (Å²) in [7, 11) is 1.78. The van der Waals surface area contributed by atoms with E-state index >= 15 is 0 Å². The molecule has 2 bridgehead atoms. The van der Waals surface area contributed by atoms with Crippen molar-refractivity contribution in [1.82, 2.24) is 25.4 Å². The van der Waals surface area contributed by atoms with Gasteiger partial charge >= 0.3 is 0 Å². The Hall–Kier alpha value is -2.41. The second kappa shape index (κ2) is 6.60. The Morgan fingerprint density at radius 1 is 1.33 bits per heavy atom. The number of benzene rings is 1. The summed E-state index contributed by atoms with van der Waals surface area (Å²) in [6, 6.07) is 10.4. The lowest BCUT2D eigenvalue weighted by Gasteiger charge is -2.22. The zero-order valence-electron chi connectivity index (χ0n) is 13.7. The number of nitrogens with zero attached hydrogens (tertiary/aromatic N) is 4. The number of aliphatic imine (C=N–C) groups is 1. The third-order valence-electron chi connectivity index (χ3n) is 4.72. The molecule has 2 aromatic rings. The van der Waals surface area contributed by atoms with E-state index in [2.05, 4.69) is 25.8 Å². The van der Waals surface area contributed by atoms with Crippen molar-refractivity contribution in [2.75, 3.05) is 7.05 Å². The Balaban J connectivity index is 1.39. The van der Waals surface area contributed by atoms with Crippen LogP contribution in [0.2, 0.25) is 0 Å². The zero-order valence-corrected chi connectivity index (χ0v) is 13.7. The van der Waals surface area contributed by atoms with Gasteiger partial charge in [0.15, 0.2) is 11.8 Å². The fourth-order valence-electron chi connectivity index (χ4n) is 3.51. The Labute approximate surface area is 141 Å². The second-order valence-electron chi connectivity index (χ2n) is 6.24. The maximum Gasteiger partial charge on any atom is 0.191 e. The highest BCUT2D eigenvalue weighted by Gasteiger charge is 2.41. The first-order chi connectivity index (χ1) is 11.8. The van der Waals surface area contributed by atoms with E-state index in [1.807, 2.05) is 34.9 Å². The predicted molar refractivity (Wildman–Crippen MR) is 91.0 cm³/mol. The standard InChI is InChI=1S/C17H22N6O/c1-18-17(21-14-9-13-7-8-15(14)24-13)19-10-16-22-20-11-23(16)12-5-3-2-4-6-12/h2-6,11,13-15H,7-10H2,1H3,(H2,18,19,21). The van der Waals surface area contributed by atoms with E-state index in [1.54, 1.807) is 13.4 Å². The van der Waals surface area contributed by atoms with E-state index in [-0.39, 0.29) is 0 Å². The molecule has 1 aromatic heterocycles. The predicted octanol–water partition coefficient (Wildman–Crippen LogP) is 1.25. The van der Waals surface area contributed by atoms with E-state index in [0.29, 0.717) is 24.8 Å². The number of guanidine groups is 1. The summed E-state index contributed by atoms with van der Waals surface area (Å²) < 4.78 is 7.86. The molecule has 0 saturated carbocycles. The number of hydrogen-bond acceptors (Lipinski definition) is 4. The molecule has 0 radical (unpaired) electrons. The summed E-state index contributed by atoms with van der Waals surface area (Å²) >= 11 is 0. The fraction of sp³-hybridized carbons (Fsp3) is 0.471. The third kappa shape index (κ3) is 2.99. The van der Waals surface area contributed by atoms with Crippen molar-refractivity contribution in [1.29, 1.82) is 0 Å². The third-order valence-corrected chi connectivity index (χ3v) is 4.72. The Morgan fingerprint density at radius 2 is 2.21 bits per heavy atom. The van der Waals surface area contributed by atoms with E-state index in [9.17, 15) is 0 Å². The number of ether oxygens (including phenoxy) is 1. The molecule has 3 heterocycles. The maximum absolute atomic E-state index is 5.89. The van der Waals surface area contributed by atoms with Crippen molar-refractivity contribution < 1.29 is 4.74 Å². The molecular weight excluding hydrogens is 304 g/mol. The highest BCUT2D eigenvalue weighted by atomic mass is 16.5. The molecule has 2 saturated heterocycles. The van der Waals surface area contributed by atoms with Gasteiger partial charge in [0.2, 0.25) is 0 Å². The van der Waals surface area contributed by atoms with Crippen LogP contribution in [0.15, 0.2) is 41.7 Å². The lowest BCUT2D eigenvalue weighted by Crippen LogP contribution is -2.47. The van der Waals surface area contributed by atoms with Crippen molar-refractivity contribution in [3.8, 4) is 5.69 Å². The van der Waals surface area contributed by atoms with Crippen molar-refractivity contribution in [3.05, 3.63) is 42.5 Å². The van der Waals surface area contributed by atoms with Gasteiger partial charge in [-0.1, -0.05) is 18.2 Å². The number of rotatable bonds is 4. The molecular formula is C17H22N6O. The van der Waals surface area contributed by atoms with Crippen molar-refractivity contribution in [2.45, 2.75) is 44.1 Å². The van der Waals surface area contributed by atoms with Crippen LogP contribution in [0.4, 0.5) is 0 Å². The Bertz CT molecular complexity index is 713. The second-order valence-corrected chi connectivity index (χ2v) is 6.24. The zero-order chi connectivity index (χ0) is 16.4. The summed E-state index contributed by atoms with van der Waals surface area (Å²) in [5.74, 6) is 1.62. The summed E-state index contributed by atoms with van der Waals surface area (Å²) in [4.78, 5) is 4.32. The van der Waals surface area contributed by atoms with Crippen LogP contribution >= 0.6 is 0 Å². The first-order valence-electron chi connectivity index (χ1n) is 8.40. The number of fused-ring (bicyclic) bond motifs is 2. The van der Waals surface area contributed by atoms with Gasteiger partial charge in [-0.2, -0.15) is 0 Å². The molecule has 3 atom stereocenters. The Morgan fingerprint density at radius 3 is 2.92 bits per heavy atom. The van der Waals surface area contributed by atoms with Crippen LogP contribution in [0.1, 0.15) is 25.1 Å². The quantitative estimate of drug-likeness (QED) is 0.653. The highest BCUT2D eigenvalue weighted by molar-refractivity contribution is 5.80. The first kappa shape index (κ1) is 15.1. The van der Waals surface area contributed by atoms with Gasteiger partial charge in [-0.15, -0.1) is 10.2 Å². The molecule has 2 aliphatic heterocycles. The van der Waals surface area contributed by atoms with Gasteiger partial charge < -0.3 is 15.4 Å². The van der Waals surface area contributed by atoms with Crippen molar-refractivity contribution in [2.24, 2.45) is 4.99 Å². The lowest BCUT2D eigenvalue weighted by atomic mass is 9.96. The van der Waals surface area contributed by atoms with Crippen LogP contribution in [0.3, 0.4) is 0 Å². The van der Waals surface area contributed by atoms with Gasteiger partial charge in [-0.25, -0.2) is 0 Å². The van der Waals surface area contributed by atoms with Gasteiger partial charge in [0.25, 0.3) is 0 Å². The van der Waals surface area contributed by atoms with E-state index in [1.165, 1.54) is 6.42 Å². The molecule has 7 nitrogen and oxygen atoms in total. The van der Waals surface area contributed by atoms with Crippen molar-refractivity contribution in [3.63, 3.8) is 0 Å². The van der Waals surface area contributed by atoms with Crippen LogP contribution in [0.5, 0.6) is 0 Å². The van der Waals surface area contributed by atoms with Crippen LogP contribution < -0.4 is 10.6 Å². The molecule has 3 unspecified atom stereocenters. The minimum atomic E-state index is 0.321. The fourth-order valence-corrected chi connectivity index (χ4v) is 3.51. The Kier molecular flexibility index (Phi) is 4.17. The van der Waals surface area contributed by atoms with Crippen LogP contribution in [0, 0.1) is 0 Å². The smallest absolute Gasteiger partial charge is 0.191 e.